The first-order chi connectivity index (χ1) is 20.3. The molecule has 7 aromatic carbocycles. The van der Waals surface area contributed by atoms with Crippen LogP contribution in [0.25, 0.3) is 32.7 Å². The van der Waals surface area contributed by atoms with Crippen LogP contribution in [0.1, 0.15) is 0 Å². The topological polar surface area (TPSA) is 21.7 Å². The van der Waals surface area contributed by atoms with Gasteiger partial charge in [0, 0.05) is 11.1 Å². The molecular formula is C38H25NO2. The Balaban J connectivity index is 1.35. The van der Waals surface area contributed by atoms with Crippen LogP contribution in [0.4, 0.5) is 17.1 Å². The molecule has 0 saturated heterocycles. The predicted octanol–water partition coefficient (Wildman–Crippen LogP) is 11.0. The molecule has 0 amide bonds. The van der Waals surface area contributed by atoms with E-state index in [1.54, 1.807) is 0 Å². The molecule has 7 aromatic rings. The minimum atomic E-state index is 0.677. The van der Waals surface area contributed by atoms with Crippen molar-refractivity contribution in [3.63, 3.8) is 0 Å². The van der Waals surface area contributed by atoms with Crippen LogP contribution in [0.5, 0.6) is 23.0 Å². The summed E-state index contributed by atoms with van der Waals surface area (Å²) in [7, 11) is 0. The van der Waals surface area contributed by atoms with Gasteiger partial charge in [0.2, 0.25) is 0 Å². The molecule has 3 heteroatoms. The van der Waals surface area contributed by atoms with Gasteiger partial charge in [-0.15, -0.1) is 0 Å². The van der Waals surface area contributed by atoms with E-state index in [4.69, 9.17) is 9.47 Å². The third-order valence-electron chi connectivity index (χ3n) is 7.70. The SMILES string of the molecule is c1ccc(-c2ccc(N(c3cccc4c3Oc3cccc5cccc(c35)O4)c3cccc4ccccc34)cc2)cc1. The van der Waals surface area contributed by atoms with E-state index in [9.17, 15) is 0 Å². The van der Waals surface area contributed by atoms with Gasteiger partial charge in [-0.1, -0.05) is 109 Å². The van der Waals surface area contributed by atoms with Crippen molar-refractivity contribution in [1.82, 2.24) is 0 Å². The van der Waals surface area contributed by atoms with Crippen molar-refractivity contribution in [3.8, 4) is 34.1 Å². The summed E-state index contributed by atoms with van der Waals surface area (Å²) < 4.78 is 13.3. The number of benzene rings is 7. The standard InChI is InChI=1S/C38H25NO2/c1-2-10-26(11-3-1)27-22-24-30(25-23-27)39(32-17-6-13-28-12-4-5-16-31(28)32)33-18-9-21-36-38(33)41-35-20-8-15-29-14-7-19-34(40-36)37(29)35/h1-25H. The summed E-state index contributed by atoms with van der Waals surface area (Å²) >= 11 is 0. The first kappa shape index (κ1) is 23.4. The van der Waals surface area contributed by atoms with Crippen LogP contribution in [0.15, 0.2) is 152 Å². The molecule has 0 spiro atoms. The lowest BCUT2D eigenvalue weighted by Gasteiger charge is -2.29. The highest BCUT2D eigenvalue weighted by atomic mass is 16.5. The van der Waals surface area contributed by atoms with Crippen molar-refractivity contribution < 1.29 is 9.47 Å². The largest absolute Gasteiger partial charge is 0.453 e. The minimum absolute atomic E-state index is 0.677. The van der Waals surface area contributed by atoms with Crippen molar-refractivity contribution in [2.45, 2.75) is 0 Å². The fourth-order valence-electron chi connectivity index (χ4n) is 5.78. The summed E-state index contributed by atoms with van der Waals surface area (Å²) in [5.74, 6) is 2.92. The van der Waals surface area contributed by atoms with Crippen LogP contribution in [0, 0.1) is 0 Å². The lowest BCUT2D eigenvalue weighted by molar-refractivity contribution is 0.440. The fraction of sp³-hybridized carbons (Fsp3) is 0. The Labute approximate surface area is 238 Å². The first-order valence-electron chi connectivity index (χ1n) is 13.8. The van der Waals surface area contributed by atoms with Crippen LogP contribution in [-0.4, -0.2) is 0 Å². The second-order valence-electron chi connectivity index (χ2n) is 10.2. The Hall–Kier alpha value is -5.54. The van der Waals surface area contributed by atoms with Crippen molar-refractivity contribution in [1.29, 1.82) is 0 Å². The molecule has 1 aliphatic heterocycles. The smallest absolute Gasteiger partial charge is 0.193 e. The summed E-state index contributed by atoms with van der Waals surface area (Å²) in [4.78, 5) is 2.27. The van der Waals surface area contributed by atoms with Crippen LogP contribution >= 0.6 is 0 Å². The highest BCUT2D eigenvalue weighted by Gasteiger charge is 2.26. The summed E-state index contributed by atoms with van der Waals surface area (Å²) in [6.45, 7) is 0. The van der Waals surface area contributed by atoms with Crippen LogP contribution < -0.4 is 14.4 Å². The van der Waals surface area contributed by atoms with Gasteiger partial charge in [0.1, 0.15) is 11.5 Å². The molecule has 0 radical (unpaired) electrons. The van der Waals surface area contributed by atoms with Gasteiger partial charge < -0.3 is 14.4 Å². The van der Waals surface area contributed by atoms with Crippen LogP contribution in [0.3, 0.4) is 0 Å². The highest BCUT2D eigenvalue weighted by Crippen LogP contribution is 2.52. The Morgan fingerprint density at radius 3 is 1.80 bits per heavy atom. The van der Waals surface area contributed by atoms with E-state index in [-0.39, 0.29) is 0 Å². The van der Waals surface area contributed by atoms with Crippen molar-refractivity contribution in [2.24, 2.45) is 0 Å². The number of hydrogen-bond acceptors (Lipinski definition) is 3. The number of fused-ring (bicyclic) bond motifs is 2. The maximum atomic E-state index is 6.77. The summed E-state index contributed by atoms with van der Waals surface area (Å²) in [5.41, 5.74) is 5.34. The minimum Gasteiger partial charge on any atom is -0.453 e. The molecule has 1 aliphatic rings. The Morgan fingerprint density at radius 1 is 0.390 bits per heavy atom. The number of rotatable bonds is 4. The van der Waals surface area contributed by atoms with Crippen molar-refractivity contribution >= 4 is 38.6 Å². The second-order valence-corrected chi connectivity index (χ2v) is 10.2. The molecule has 0 saturated carbocycles. The molecule has 0 aromatic heterocycles. The van der Waals surface area contributed by atoms with Gasteiger partial charge in [-0.05, 0) is 64.4 Å². The molecule has 0 bridgehead atoms. The average molecular weight is 528 g/mol. The quantitative estimate of drug-likeness (QED) is 0.227. The number of hydrogen-bond donors (Lipinski definition) is 0. The van der Waals surface area contributed by atoms with Gasteiger partial charge in [-0.2, -0.15) is 0 Å². The van der Waals surface area contributed by atoms with E-state index >= 15 is 0 Å². The van der Waals surface area contributed by atoms with Gasteiger partial charge in [0.15, 0.2) is 11.5 Å². The van der Waals surface area contributed by atoms with Gasteiger partial charge in [0.05, 0.1) is 16.8 Å². The van der Waals surface area contributed by atoms with E-state index in [2.05, 4.69) is 114 Å². The average Bonchev–Trinajstić information content (AvgIpc) is 3.20. The Morgan fingerprint density at radius 2 is 0.976 bits per heavy atom. The van der Waals surface area contributed by atoms with Crippen LogP contribution in [-0.2, 0) is 0 Å². The number of nitrogens with zero attached hydrogens (tertiary/aromatic N) is 1. The molecule has 8 rings (SSSR count). The summed E-state index contributed by atoms with van der Waals surface area (Å²) in [5, 5.41) is 4.38. The molecule has 0 fully saturated rings. The van der Waals surface area contributed by atoms with Gasteiger partial charge in [-0.3, -0.25) is 0 Å². The normalized spacial score (nSPS) is 11.8. The third kappa shape index (κ3) is 3.98. The summed E-state index contributed by atoms with van der Waals surface area (Å²) in [6.07, 6.45) is 0. The van der Waals surface area contributed by atoms with Gasteiger partial charge in [0.25, 0.3) is 0 Å². The van der Waals surface area contributed by atoms with E-state index in [0.717, 1.165) is 44.7 Å². The van der Waals surface area contributed by atoms with Gasteiger partial charge >= 0.3 is 0 Å². The predicted molar refractivity (Wildman–Crippen MR) is 168 cm³/mol. The fourth-order valence-corrected chi connectivity index (χ4v) is 5.78. The maximum absolute atomic E-state index is 6.77. The monoisotopic (exact) mass is 527 g/mol. The summed E-state index contributed by atoms with van der Waals surface area (Å²) in [6, 6.07) is 52.4. The highest BCUT2D eigenvalue weighted by molar-refractivity contribution is 6.01. The Bertz CT molecular complexity index is 2040. The zero-order valence-corrected chi connectivity index (χ0v) is 22.2. The van der Waals surface area contributed by atoms with E-state index in [1.165, 1.54) is 16.5 Å². The molecule has 194 valence electrons. The maximum Gasteiger partial charge on any atom is 0.193 e. The van der Waals surface area contributed by atoms with E-state index < -0.39 is 0 Å². The molecule has 0 aliphatic carbocycles. The zero-order chi connectivity index (χ0) is 27.2. The van der Waals surface area contributed by atoms with Crippen molar-refractivity contribution in [2.75, 3.05) is 4.90 Å². The Kier molecular flexibility index (Phi) is 5.46. The number of anilines is 3. The third-order valence-corrected chi connectivity index (χ3v) is 7.70. The molecule has 0 N–H and O–H groups in total. The van der Waals surface area contributed by atoms with Gasteiger partial charge in [-0.25, -0.2) is 0 Å². The number of para-hydroxylation sites is 1. The molecular weight excluding hydrogens is 502 g/mol. The van der Waals surface area contributed by atoms with E-state index in [1.807, 2.05) is 42.5 Å². The van der Waals surface area contributed by atoms with Crippen LogP contribution in [0.2, 0.25) is 0 Å². The van der Waals surface area contributed by atoms with E-state index in [0.29, 0.717) is 11.5 Å². The molecule has 1 heterocycles. The first-order valence-corrected chi connectivity index (χ1v) is 13.8. The lowest BCUT2D eigenvalue weighted by atomic mass is 10.0. The molecule has 3 nitrogen and oxygen atoms in total. The lowest BCUT2D eigenvalue weighted by Crippen LogP contribution is -2.12. The molecule has 41 heavy (non-hydrogen) atoms. The number of ether oxygens (including phenoxy) is 2. The zero-order valence-electron chi connectivity index (χ0n) is 22.2. The molecule has 0 atom stereocenters. The molecule has 0 unspecified atom stereocenters. The van der Waals surface area contributed by atoms with Crippen molar-refractivity contribution in [3.05, 3.63) is 152 Å². The second kappa shape index (κ2) is 9.58.